The van der Waals surface area contributed by atoms with Crippen LogP contribution in [0.15, 0.2) is 60.0 Å². The number of hydrogen-bond acceptors (Lipinski definition) is 7. The smallest absolute Gasteiger partial charge is 0.244 e. The predicted octanol–water partition coefficient (Wildman–Crippen LogP) is 4.24. The summed E-state index contributed by atoms with van der Waals surface area (Å²) >= 11 is 1.60. The fraction of sp³-hybridized carbons (Fsp3) is 0.333. The Morgan fingerprint density at radius 3 is 2.69 bits per heavy atom. The summed E-state index contributed by atoms with van der Waals surface area (Å²) in [6.07, 6.45) is 3.35. The number of carbonyl (C=O) groups excluding carboxylic acids is 1. The van der Waals surface area contributed by atoms with Crippen molar-refractivity contribution in [3.63, 3.8) is 0 Å². The van der Waals surface area contributed by atoms with E-state index in [4.69, 9.17) is 14.2 Å². The lowest BCUT2D eigenvalue weighted by Crippen LogP contribution is -2.42. The number of morpholine rings is 1. The zero-order valence-corrected chi connectivity index (χ0v) is 20.9. The molecule has 2 aromatic carbocycles. The minimum atomic E-state index is -0.163. The van der Waals surface area contributed by atoms with Gasteiger partial charge in [0.1, 0.15) is 18.1 Å². The van der Waals surface area contributed by atoms with Crippen LogP contribution in [-0.2, 0) is 16.1 Å². The molecule has 7 nitrogen and oxygen atoms in total. The summed E-state index contributed by atoms with van der Waals surface area (Å²) in [7, 11) is 1.65. The van der Waals surface area contributed by atoms with E-state index in [2.05, 4.69) is 15.2 Å². The van der Waals surface area contributed by atoms with Gasteiger partial charge >= 0.3 is 0 Å². The van der Waals surface area contributed by atoms with E-state index in [1.165, 1.54) is 0 Å². The van der Waals surface area contributed by atoms with Gasteiger partial charge in [0.15, 0.2) is 0 Å². The highest BCUT2D eigenvalue weighted by atomic mass is 32.1. The van der Waals surface area contributed by atoms with Crippen LogP contribution in [0.3, 0.4) is 0 Å². The van der Waals surface area contributed by atoms with Crippen LogP contribution in [0.4, 0.5) is 0 Å². The number of aromatic nitrogens is 1. The van der Waals surface area contributed by atoms with Gasteiger partial charge in [-0.3, -0.25) is 9.69 Å². The third-order valence-electron chi connectivity index (χ3n) is 5.75. The van der Waals surface area contributed by atoms with Crippen molar-refractivity contribution in [1.29, 1.82) is 0 Å². The first-order chi connectivity index (χ1) is 17.1. The minimum Gasteiger partial charge on any atom is -0.497 e. The Kier molecular flexibility index (Phi) is 8.89. The van der Waals surface area contributed by atoms with Crippen LogP contribution in [-0.4, -0.2) is 55.7 Å². The number of carbonyl (C=O) groups is 1. The Bertz CT molecular complexity index is 1120. The Morgan fingerprint density at radius 1 is 1.20 bits per heavy atom. The maximum absolute atomic E-state index is 12.9. The van der Waals surface area contributed by atoms with Gasteiger partial charge in [0.25, 0.3) is 0 Å². The molecule has 1 aliphatic rings. The molecule has 0 bridgehead atoms. The topological polar surface area (TPSA) is 72.9 Å². The molecule has 1 N–H and O–H groups in total. The molecule has 1 aliphatic heterocycles. The molecule has 1 amide bonds. The summed E-state index contributed by atoms with van der Waals surface area (Å²) < 4.78 is 16.7. The van der Waals surface area contributed by atoms with Gasteiger partial charge in [0, 0.05) is 36.7 Å². The van der Waals surface area contributed by atoms with Crippen molar-refractivity contribution in [2.45, 2.75) is 19.6 Å². The van der Waals surface area contributed by atoms with Gasteiger partial charge in [-0.1, -0.05) is 30.3 Å². The first kappa shape index (κ1) is 24.9. The monoisotopic (exact) mass is 493 g/mol. The Morgan fingerprint density at radius 2 is 1.97 bits per heavy atom. The molecule has 8 heteroatoms. The van der Waals surface area contributed by atoms with Gasteiger partial charge in [0.2, 0.25) is 5.91 Å². The van der Waals surface area contributed by atoms with Crippen LogP contribution in [0.2, 0.25) is 0 Å². The molecule has 1 aromatic heterocycles. The third-order valence-corrected chi connectivity index (χ3v) is 6.58. The van der Waals surface area contributed by atoms with E-state index in [0.29, 0.717) is 32.1 Å². The largest absolute Gasteiger partial charge is 0.497 e. The number of aryl methyl sites for hydroxylation is 1. The maximum Gasteiger partial charge on any atom is 0.244 e. The van der Waals surface area contributed by atoms with E-state index in [0.717, 1.165) is 40.7 Å². The number of nitrogens with zero attached hydrogens (tertiary/aromatic N) is 2. The minimum absolute atomic E-state index is 0.157. The second-order valence-electron chi connectivity index (χ2n) is 8.27. The molecule has 0 spiro atoms. The van der Waals surface area contributed by atoms with Gasteiger partial charge in [-0.05, 0) is 36.8 Å². The molecule has 4 rings (SSSR count). The van der Waals surface area contributed by atoms with Gasteiger partial charge < -0.3 is 19.5 Å². The average molecular weight is 494 g/mol. The van der Waals surface area contributed by atoms with Gasteiger partial charge in [-0.25, -0.2) is 4.98 Å². The highest BCUT2D eigenvalue weighted by Gasteiger charge is 2.20. The Labute approximate surface area is 210 Å². The van der Waals surface area contributed by atoms with E-state index in [1.54, 1.807) is 30.6 Å². The number of hydrogen-bond donors (Lipinski definition) is 1. The number of nitrogens with one attached hydrogen (secondary N) is 1. The van der Waals surface area contributed by atoms with Gasteiger partial charge in [-0.15, -0.1) is 11.3 Å². The molecule has 1 saturated heterocycles. The lowest BCUT2D eigenvalue weighted by molar-refractivity contribution is -0.117. The number of benzene rings is 2. The van der Waals surface area contributed by atoms with Gasteiger partial charge in [0.05, 0.1) is 37.1 Å². The fourth-order valence-corrected chi connectivity index (χ4v) is 4.47. The second-order valence-corrected chi connectivity index (χ2v) is 9.33. The number of amides is 1. The molecule has 184 valence electrons. The van der Waals surface area contributed by atoms with Crippen molar-refractivity contribution in [3.8, 4) is 11.5 Å². The van der Waals surface area contributed by atoms with E-state index >= 15 is 0 Å². The van der Waals surface area contributed by atoms with Crippen molar-refractivity contribution in [3.05, 3.63) is 81.8 Å². The first-order valence-electron chi connectivity index (χ1n) is 11.7. The normalized spacial score (nSPS) is 15.1. The molecular weight excluding hydrogens is 462 g/mol. The summed E-state index contributed by atoms with van der Waals surface area (Å²) in [6, 6.07) is 15.3. The molecule has 1 fully saturated rings. The van der Waals surface area contributed by atoms with Crippen LogP contribution in [0.1, 0.15) is 27.9 Å². The third kappa shape index (κ3) is 7.39. The summed E-state index contributed by atoms with van der Waals surface area (Å²) in [6.45, 7) is 6.19. The summed E-state index contributed by atoms with van der Waals surface area (Å²) in [5, 5.41) is 6.18. The highest BCUT2D eigenvalue weighted by molar-refractivity contribution is 7.09. The lowest BCUT2D eigenvalue weighted by atomic mass is 10.1. The van der Waals surface area contributed by atoms with E-state index in [9.17, 15) is 4.79 Å². The molecule has 0 saturated carbocycles. The summed E-state index contributed by atoms with van der Waals surface area (Å²) in [4.78, 5) is 19.7. The standard InChI is InChI=1S/C27H31N3O4S/c1-20-28-23(19-35-20)18-34-26-6-4-3-5-22(26)9-12-27(31)29-25(17-30-13-15-33-16-14-30)21-7-10-24(32-2)11-8-21/h3-12,19,25H,13-18H2,1-2H3,(H,29,31)/b12-9-/t25-/m1/s1. The van der Waals surface area contributed by atoms with Crippen molar-refractivity contribution >= 4 is 23.3 Å². The zero-order chi connectivity index (χ0) is 24.5. The summed E-state index contributed by atoms with van der Waals surface area (Å²) in [5.41, 5.74) is 2.76. The molecule has 2 heterocycles. The summed E-state index contributed by atoms with van der Waals surface area (Å²) in [5.74, 6) is 1.33. The molecule has 3 aromatic rings. The van der Waals surface area contributed by atoms with E-state index in [-0.39, 0.29) is 11.9 Å². The van der Waals surface area contributed by atoms with E-state index < -0.39 is 0 Å². The van der Waals surface area contributed by atoms with Crippen molar-refractivity contribution in [2.24, 2.45) is 0 Å². The number of para-hydroxylation sites is 1. The molecule has 0 unspecified atom stereocenters. The SMILES string of the molecule is COc1ccc([C@@H](CN2CCOCC2)NC(=O)/C=C\c2ccccc2OCc2csc(C)n2)cc1. The molecule has 1 atom stereocenters. The average Bonchev–Trinajstić information content (AvgIpc) is 3.32. The van der Waals surface area contributed by atoms with Crippen LogP contribution < -0.4 is 14.8 Å². The van der Waals surface area contributed by atoms with E-state index in [1.807, 2.05) is 60.8 Å². The Hall–Kier alpha value is -3.20. The number of methoxy groups -OCH3 is 1. The lowest BCUT2D eigenvalue weighted by Gasteiger charge is -2.31. The van der Waals surface area contributed by atoms with Crippen LogP contribution in [0.25, 0.3) is 6.08 Å². The maximum atomic E-state index is 12.9. The van der Waals surface area contributed by atoms with Crippen LogP contribution in [0.5, 0.6) is 11.5 Å². The van der Waals surface area contributed by atoms with Crippen LogP contribution >= 0.6 is 11.3 Å². The van der Waals surface area contributed by atoms with Crippen molar-refractivity contribution in [2.75, 3.05) is 40.0 Å². The Balaban J connectivity index is 1.43. The highest BCUT2D eigenvalue weighted by Crippen LogP contribution is 2.22. The number of rotatable bonds is 10. The number of ether oxygens (including phenoxy) is 3. The van der Waals surface area contributed by atoms with Crippen molar-refractivity contribution < 1.29 is 19.0 Å². The second kappa shape index (κ2) is 12.5. The molecule has 0 aliphatic carbocycles. The quantitative estimate of drug-likeness (QED) is 0.426. The predicted molar refractivity (Wildman–Crippen MR) is 138 cm³/mol. The van der Waals surface area contributed by atoms with Crippen molar-refractivity contribution in [1.82, 2.24) is 15.2 Å². The zero-order valence-electron chi connectivity index (χ0n) is 20.1. The number of thiazole rings is 1. The van der Waals surface area contributed by atoms with Gasteiger partial charge in [-0.2, -0.15) is 0 Å². The van der Waals surface area contributed by atoms with Crippen LogP contribution in [0, 0.1) is 6.92 Å². The molecule has 35 heavy (non-hydrogen) atoms. The molecular formula is C27H31N3O4S. The fourth-order valence-electron chi connectivity index (χ4n) is 3.87. The first-order valence-corrected chi connectivity index (χ1v) is 12.5. The molecule has 0 radical (unpaired) electrons.